The van der Waals surface area contributed by atoms with Gasteiger partial charge in [-0.15, -0.1) is 0 Å². The second-order valence-electron chi connectivity index (χ2n) is 6.33. The molecule has 106 valence electrons. The number of nitrogens with zero attached hydrogens (tertiary/aromatic N) is 1. The van der Waals surface area contributed by atoms with E-state index in [2.05, 4.69) is 72.0 Å². The van der Waals surface area contributed by atoms with Gasteiger partial charge in [-0.3, -0.25) is 4.98 Å². The number of rotatable bonds is 3. The first-order chi connectivity index (χ1) is 9.40. The van der Waals surface area contributed by atoms with Crippen molar-refractivity contribution < 1.29 is 0 Å². The van der Waals surface area contributed by atoms with Gasteiger partial charge in [0.05, 0.1) is 5.69 Å². The average molecular weight is 267 g/mol. The van der Waals surface area contributed by atoms with E-state index in [9.17, 15) is 0 Å². The van der Waals surface area contributed by atoms with E-state index in [4.69, 9.17) is 4.98 Å². The van der Waals surface area contributed by atoms with E-state index in [-0.39, 0.29) is 0 Å². The number of aromatic nitrogens is 1. The molecule has 0 unspecified atom stereocenters. The second kappa shape index (κ2) is 5.78. The predicted molar refractivity (Wildman–Crippen MR) is 87.3 cm³/mol. The highest BCUT2D eigenvalue weighted by Gasteiger charge is 2.13. The molecule has 1 aromatic carbocycles. The lowest BCUT2D eigenvalue weighted by molar-refractivity contribution is 0.783. The lowest BCUT2D eigenvalue weighted by Gasteiger charge is -2.17. The quantitative estimate of drug-likeness (QED) is 0.704. The molecule has 0 spiro atoms. The molecule has 2 rings (SSSR count). The van der Waals surface area contributed by atoms with E-state index in [1.165, 1.54) is 27.8 Å². The maximum Gasteiger partial charge on any atom is 0.0707 e. The predicted octanol–water partition coefficient (Wildman–Crippen LogP) is 5.61. The lowest BCUT2D eigenvalue weighted by atomic mass is 9.90. The number of hydrogen-bond donors (Lipinski definition) is 0. The fourth-order valence-electron chi connectivity index (χ4n) is 2.71. The van der Waals surface area contributed by atoms with Gasteiger partial charge in [0.25, 0.3) is 0 Å². The maximum absolute atomic E-state index is 4.70. The minimum absolute atomic E-state index is 0.521. The lowest BCUT2D eigenvalue weighted by Crippen LogP contribution is -2.01. The van der Waals surface area contributed by atoms with Crippen LogP contribution in [0.15, 0.2) is 30.5 Å². The van der Waals surface area contributed by atoms with Gasteiger partial charge in [0.1, 0.15) is 0 Å². The number of benzene rings is 1. The zero-order valence-electron chi connectivity index (χ0n) is 13.5. The van der Waals surface area contributed by atoms with Crippen LogP contribution in [0.1, 0.15) is 61.8 Å². The van der Waals surface area contributed by atoms with E-state index in [0.717, 1.165) is 5.69 Å². The van der Waals surface area contributed by atoms with Crippen molar-refractivity contribution in [2.24, 2.45) is 0 Å². The van der Waals surface area contributed by atoms with Gasteiger partial charge >= 0.3 is 0 Å². The van der Waals surface area contributed by atoms with Crippen LogP contribution in [0.2, 0.25) is 0 Å². The standard InChI is InChI=1S/C19H25N/c1-12(2)17-10-19(20-11-18(17)13(3)4)16-8-7-14(5)9-15(16)6/h7-13H,1-6H3. The smallest absolute Gasteiger partial charge is 0.0707 e. The molecular formula is C19H25N. The molecule has 2 aromatic rings. The van der Waals surface area contributed by atoms with E-state index in [0.29, 0.717) is 11.8 Å². The molecule has 0 aliphatic rings. The van der Waals surface area contributed by atoms with Crippen molar-refractivity contribution in [3.8, 4) is 11.3 Å². The van der Waals surface area contributed by atoms with Crippen molar-refractivity contribution in [2.45, 2.75) is 53.4 Å². The summed E-state index contributed by atoms with van der Waals surface area (Å²) in [6.07, 6.45) is 2.06. The van der Waals surface area contributed by atoms with Crippen molar-refractivity contribution in [3.05, 3.63) is 52.7 Å². The third kappa shape index (κ3) is 2.92. The summed E-state index contributed by atoms with van der Waals surface area (Å²) in [7, 11) is 0. The zero-order valence-corrected chi connectivity index (χ0v) is 13.5. The van der Waals surface area contributed by atoms with Gasteiger partial charge in [-0.05, 0) is 48.4 Å². The van der Waals surface area contributed by atoms with Gasteiger partial charge in [0.2, 0.25) is 0 Å². The molecule has 0 aliphatic carbocycles. The molecule has 0 atom stereocenters. The topological polar surface area (TPSA) is 12.9 Å². The summed E-state index contributed by atoms with van der Waals surface area (Å²) >= 11 is 0. The van der Waals surface area contributed by atoms with Crippen LogP contribution in [0.25, 0.3) is 11.3 Å². The Hall–Kier alpha value is -1.63. The van der Waals surface area contributed by atoms with Gasteiger partial charge in [-0.25, -0.2) is 0 Å². The van der Waals surface area contributed by atoms with Crippen LogP contribution in [0, 0.1) is 13.8 Å². The largest absolute Gasteiger partial charge is 0.256 e. The van der Waals surface area contributed by atoms with E-state index >= 15 is 0 Å². The Labute approximate surface area is 123 Å². The molecule has 1 aromatic heterocycles. The Bertz CT molecular complexity index is 609. The highest BCUT2D eigenvalue weighted by Crippen LogP contribution is 2.30. The number of hydrogen-bond acceptors (Lipinski definition) is 1. The van der Waals surface area contributed by atoms with E-state index in [1.54, 1.807) is 0 Å². The first-order valence-electron chi connectivity index (χ1n) is 7.47. The fourth-order valence-corrected chi connectivity index (χ4v) is 2.71. The minimum Gasteiger partial charge on any atom is -0.256 e. The van der Waals surface area contributed by atoms with Crippen LogP contribution in [-0.4, -0.2) is 4.98 Å². The van der Waals surface area contributed by atoms with Crippen molar-refractivity contribution in [1.29, 1.82) is 0 Å². The van der Waals surface area contributed by atoms with Crippen LogP contribution < -0.4 is 0 Å². The van der Waals surface area contributed by atoms with Crippen LogP contribution in [0.3, 0.4) is 0 Å². The number of aryl methyl sites for hydroxylation is 2. The fraction of sp³-hybridized carbons (Fsp3) is 0.421. The second-order valence-corrected chi connectivity index (χ2v) is 6.33. The molecule has 20 heavy (non-hydrogen) atoms. The zero-order chi connectivity index (χ0) is 14.9. The summed E-state index contributed by atoms with van der Waals surface area (Å²) < 4.78 is 0. The molecule has 0 bridgehead atoms. The van der Waals surface area contributed by atoms with E-state index < -0.39 is 0 Å². The Balaban J connectivity index is 2.56. The summed E-state index contributed by atoms with van der Waals surface area (Å²) in [5.74, 6) is 1.05. The van der Waals surface area contributed by atoms with Crippen LogP contribution in [-0.2, 0) is 0 Å². The van der Waals surface area contributed by atoms with Gasteiger partial charge < -0.3 is 0 Å². The molecule has 0 saturated heterocycles. The highest BCUT2D eigenvalue weighted by molar-refractivity contribution is 5.65. The van der Waals surface area contributed by atoms with Gasteiger partial charge in [0.15, 0.2) is 0 Å². The molecule has 1 heterocycles. The SMILES string of the molecule is Cc1ccc(-c2cc(C(C)C)c(C(C)C)cn2)c(C)c1. The normalized spacial score (nSPS) is 11.4. The van der Waals surface area contributed by atoms with Crippen LogP contribution >= 0.6 is 0 Å². The van der Waals surface area contributed by atoms with Gasteiger partial charge in [0, 0.05) is 11.8 Å². The van der Waals surface area contributed by atoms with Crippen molar-refractivity contribution >= 4 is 0 Å². The maximum atomic E-state index is 4.70. The summed E-state index contributed by atoms with van der Waals surface area (Å²) in [4.78, 5) is 4.70. The van der Waals surface area contributed by atoms with Crippen molar-refractivity contribution in [3.63, 3.8) is 0 Å². The average Bonchev–Trinajstić information content (AvgIpc) is 2.37. The summed E-state index contributed by atoms with van der Waals surface area (Å²) in [5, 5.41) is 0. The molecule has 0 amide bonds. The molecule has 1 heteroatoms. The minimum atomic E-state index is 0.521. The number of pyridine rings is 1. The molecular weight excluding hydrogens is 242 g/mol. The van der Waals surface area contributed by atoms with Gasteiger partial charge in [-0.2, -0.15) is 0 Å². The Morgan fingerprint density at radius 3 is 2.05 bits per heavy atom. The van der Waals surface area contributed by atoms with Gasteiger partial charge in [-0.1, -0.05) is 51.5 Å². The van der Waals surface area contributed by atoms with Crippen LogP contribution in [0.4, 0.5) is 0 Å². The first kappa shape index (κ1) is 14.8. The third-order valence-electron chi connectivity index (χ3n) is 3.87. The summed E-state index contributed by atoms with van der Waals surface area (Å²) in [5.41, 5.74) is 7.72. The van der Waals surface area contributed by atoms with E-state index in [1.807, 2.05) is 0 Å². The summed E-state index contributed by atoms with van der Waals surface area (Å²) in [6, 6.07) is 8.85. The summed E-state index contributed by atoms with van der Waals surface area (Å²) in [6.45, 7) is 13.3. The third-order valence-corrected chi connectivity index (χ3v) is 3.87. The molecule has 0 radical (unpaired) electrons. The highest BCUT2D eigenvalue weighted by atomic mass is 14.7. The van der Waals surface area contributed by atoms with Crippen molar-refractivity contribution in [2.75, 3.05) is 0 Å². The monoisotopic (exact) mass is 267 g/mol. The molecule has 0 aliphatic heterocycles. The van der Waals surface area contributed by atoms with Crippen LogP contribution in [0.5, 0.6) is 0 Å². The Kier molecular flexibility index (Phi) is 4.27. The first-order valence-corrected chi connectivity index (χ1v) is 7.47. The Morgan fingerprint density at radius 1 is 0.850 bits per heavy atom. The molecule has 1 nitrogen and oxygen atoms in total. The Morgan fingerprint density at radius 2 is 1.50 bits per heavy atom. The molecule has 0 fully saturated rings. The molecule has 0 saturated carbocycles. The van der Waals surface area contributed by atoms with Crippen molar-refractivity contribution in [1.82, 2.24) is 4.98 Å². The molecule has 0 N–H and O–H groups in total.